The van der Waals surface area contributed by atoms with Crippen LogP contribution in [0.25, 0.3) is 0 Å². The largest absolute Gasteiger partial charge is 0.240 e. The molecule has 0 atom stereocenters. The van der Waals surface area contributed by atoms with Crippen molar-refractivity contribution in [3.05, 3.63) is 63.1 Å². The Bertz CT molecular complexity index is 732. The molecule has 106 valence electrons. The molecular formula is C13H10Cl3NO2S. The molecule has 0 spiro atoms. The second kappa shape index (κ2) is 6.33. The fourth-order valence-corrected chi connectivity index (χ4v) is 3.27. The molecule has 0 unspecified atom stereocenters. The van der Waals surface area contributed by atoms with Crippen molar-refractivity contribution >= 4 is 44.8 Å². The number of hydrogen-bond donors (Lipinski definition) is 1. The van der Waals surface area contributed by atoms with E-state index >= 15 is 0 Å². The molecule has 7 heteroatoms. The Balaban J connectivity index is 2.20. The summed E-state index contributed by atoms with van der Waals surface area (Å²) in [5.41, 5.74) is 0.602. The predicted octanol–water partition coefficient (Wildman–Crippen LogP) is 4.13. The van der Waals surface area contributed by atoms with Crippen LogP contribution in [-0.4, -0.2) is 8.42 Å². The van der Waals surface area contributed by atoms with Gasteiger partial charge >= 0.3 is 0 Å². The minimum Gasteiger partial charge on any atom is -0.207 e. The van der Waals surface area contributed by atoms with Crippen LogP contribution in [0.2, 0.25) is 15.1 Å². The highest BCUT2D eigenvalue weighted by Gasteiger charge is 2.15. The first kappa shape index (κ1) is 15.6. The molecule has 0 saturated heterocycles. The maximum Gasteiger partial charge on any atom is 0.240 e. The first-order valence-corrected chi connectivity index (χ1v) is 8.20. The van der Waals surface area contributed by atoms with Gasteiger partial charge in [0, 0.05) is 11.6 Å². The molecule has 3 nitrogen and oxygen atoms in total. The van der Waals surface area contributed by atoms with Crippen LogP contribution < -0.4 is 4.72 Å². The van der Waals surface area contributed by atoms with Gasteiger partial charge in [-0.15, -0.1) is 0 Å². The van der Waals surface area contributed by atoms with E-state index in [0.717, 1.165) is 0 Å². The monoisotopic (exact) mass is 349 g/mol. The van der Waals surface area contributed by atoms with Gasteiger partial charge < -0.3 is 0 Å². The third-order valence-electron chi connectivity index (χ3n) is 2.59. The summed E-state index contributed by atoms with van der Waals surface area (Å²) in [6.07, 6.45) is 0. The molecule has 2 rings (SSSR count). The molecule has 0 heterocycles. The normalized spacial score (nSPS) is 11.6. The molecule has 2 aromatic rings. The summed E-state index contributed by atoms with van der Waals surface area (Å²) < 4.78 is 26.7. The van der Waals surface area contributed by atoms with Crippen molar-refractivity contribution in [1.82, 2.24) is 4.72 Å². The van der Waals surface area contributed by atoms with Crippen LogP contribution in [0.15, 0.2) is 47.4 Å². The second-order valence-electron chi connectivity index (χ2n) is 3.99. The number of sulfonamides is 1. The van der Waals surface area contributed by atoms with E-state index in [1.165, 1.54) is 12.1 Å². The molecule has 0 aliphatic carbocycles. The molecule has 0 saturated carbocycles. The molecule has 0 bridgehead atoms. The minimum atomic E-state index is -3.65. The molecule has 0 radical (unpaired) electrons. The number of rotatable bonds is 4. The number of hydrogen-bond acceptors (Lipinski definition) is 2. The summed E-state index contributed by atoms with van der Waals surface area (Å²) >= 11 is 17.7. The van der Waals surface area contributed by atoms with E-state index in [4.69, 9.17) is 34.8 Å². The van der Waals surface area contributed by atoms with Gasteiger partial charge in [-0.2, -0.15) is 0 Å². The molecule has 0 aromatic heterocycles. The summed E-state index contributed by atoms with van der Waals surface area (Å²) in [6.45, 7) is 0.0498. The highest BCUT2D eigenvalue weighted by atomic mass is 35.5. The van der Waals surface area contributed by atoms with E-state index in [1.807, 2.05) is 0 Å². The zero-order valence-electron chi connectivity index (χ0n) is 10.1. The SMILES string of the molecule is O=S(=O)(NCc1cccc(Cl)c1Cl)c1cccc(Cl)c1. The van der Waals surface area contributed by atoms with Gasteiger partial charge in [-0.1, -0.05) is 53.0 Å². The molecule has 0 aliphatic heterocycles. The van der Waals surface area contributed by atoms with E-state index < -0.39 is 10.0 Å². The van der Waals surface area contributed by atoms with Crippen molar-refractivity contribution < 1.29 is 8.42 Å². The highest BCUT2D eigenvalue weighted by Crippen LogP contribution is 2.25. The Kier molecular flexibility index (Phi) is 4.94. The van der Waals surface area contributed by atoms with E-state index in [0.29, 0.717) is 20.6 Å². The van der Waals surface area contributed by atoms with Gasteiger partial charge in [0.05, 0.1) is 14.9 Å². The third-order valence-corrected chi connectivity index (χ3v) is 5.08. The van der Waals surface area contributed by atoms with Crippen LogP contribution in [0, 0.1) is 0 Å². The number of benzene rings is 2. The molecule has 2 aromatic carbocycles. The van der Waals surface area contributed by atoms with Crippen molar-refractivity contribution in [3.8, 4) is 0 Å². The smallest absolute Gasteiger partial charge is 0.207 e. The molecular weight excluding hydrogens is 341 g/mol. The molecule has 1 N–H and O–H groups in total. The Labute approximate surface area is 132 Å². The Hall–Kier alpha value is -0.780. The first-order chi connectivity index (χ1) is 9.40. The first-order valence-electron chi connectivity index (χ1n) is 5.58. The lowest BCUT2D eigenvalue weighted by Crippen LogP contribution is -2.23. The van der Waals surface area contributed by atoms with Gasteiger partial charge in [-0.25, -0.2) is 13.1 Å². The average Bonchev–Trinajstić information content (AvgIpc) is 2.40. The van der Waals surface area contributed by atoms with Gasteiger partial charge in [-0.05, 0) is 29.8 Å². The van der Waals surface area contributed by atoms with Crippen molar-refractivity contribution in [2.45, 2.75) is 11.4 Å². The Morgan fingerprint density at radius 3 is 2.40 bits per heavy atom. The highest BCUT2D eigenvalue weighted by molar-refractivity contribution is 7.89. The average molecular weight is 351 g/mol. The quantitative estimate of drug-likeness (QED) is 0.901. The minimum absolute atomic E-state index is 0.0498. The Morgan fingerprint density at radius 2 is 1.70 bits per heavy atom. The standard InChI is InChI=1S/C13H10Cl3NO2S/c14-10-4-2-5-11(7-10)20(18,19)17-8-9-3-1-6-12(15)13(9)16/h1-7,17H,8H2. The molecule has 0 fully saturated rings. The fourth-order valence-electron chi connectivity index (χ4n) is 1.58. The zero-order valence-corrected chi connectivity index (χ0v) is 13.2. The summed E-state index contributed by atoms with van der Waals surface area (Å²) in [4.78, 5) is 0.100. The van der Waals surface area contributed by atoms with E-state index in [-0.39, 0.29) is 11.4 Å². The lowest BCUT2D eigenvalue weighted by Gasteiger charge is -2.09. The zero-order chi connectivity index (χ0) is 14.8. The lowest BCUT2D eigenvalue weighted by atomic mass is 10.2. The van der Waals surface area contributed by atoms with Crippen molar-refractivity contribution in [2.75, 3.05) is 0 Å². The van der Waals surface area contributed by atoms with E-state index in [1.54, 1.807) is 30.3 Å². The van der Waals surface area contributed by atoms with E-state index in [9.17, 15) is 8.42 Å². The second-order valence-corrected chi connectivity index (χ2v) is 6.98. The van der Waals surface area contributed by atoms with Crippen LogP contribution in [0.5, 0.6) is 0 Å². The summed E-state index contributed by atoms with van der Waals surface area (Å²) in [5.74, 6) is 0. The fraction of sp³-hybridized carbons (Fsp3) is 0.0769. The van der Waals surface area contributed by atoms with Crippen LogP contribution in [0.4, 0.5) is 0 Å². The third kappa shape index (κ3) is 3.65. The van der Waals surface area contributed by atoms with Crippen molar-refractivity contribution in [2.24, 2.45) is 0 Å². The van der Waals surface area contributed by atoms with Gasteiger partial charge in [0.1, 0.15) is 0 Å². The molecule has 20 heavy (non-hydrogen) atoms. The van der Waals surface area contributed by atoms with Crippen LogP contribution in [0.1, 0.15) is 5.56 Å². The lowest BCUT2D eigenvalue weighted by molar-refractivity contribution is 0.581. The van der Waals surface area contributed by atoms with E-state index in [2.05, 4.69) is 4.72 Å². The van der Waals surface area contributed by atoms with Crippen LogP contribution >= 0.6 is 34.8 Å². The number of nitrogens with one attached hydrogen (secondary N) is 1. The topological polar surface area (TPSA) is 46.2 Å². The van der Waals surface area contributed by atoms with Gasteiger partial charge in [0.25, 0.3) is 0 Å². The number of halogens is 3. The summed E-state index contributed by atoms with van der Waals surface area (Å²) in [5, 5.41) is 1.07. The molecule has 0 amide bonds. The predicted molar refractivity (Wildman–Crippen MR) is 81.9 cm³/mol. The van der Waals surface area contributed by atoms with Crippen molar-refractivity contribution in [3.63, 3.8) is 0 Å². The molecule has 0 aliphatic rings. The maximum absolute atomic E-state index is 12.1. The maximum atomic E-state index is 12.1. The van der Waals surface area contributed by atoms with Gasteiger partial charge in [0.2, 0.25) is 10.0 Å². The summed E-state index contributed by atoms with van der Waals surface area (Å²) in [6, 6.07) is 11.1. The Morgan fingerprint density at radius 1 is 1.00 bits per heavy atom. The van der Waals surface area contributed by atoms with Gasteiger partial charge in [0.15, 0.2) is 0 Å². The van der Waals surface area contributed by atoms with Crippen molar-refractivity contribution in [1.29, 1.82) is 0 Å². The van der Waals surface area contributed by atoms with Crippen LogP contribution in [-0.2, 0) is 16.6 Å². The van der Waals surface area contributed by atoms with Crippen LogP contribution in [0.3, 0.4) is 0 Å². The summed E-state index contributed by atoms with van der Waals surface area (Å²) in [7, 11) is -3.65. The van der Waals surface area contributed by atoms with Gasteiger partial charge in [-0.3, -0.25) is 0 Å².